The van der Waals surface area contributed by atoms with Crippen molar-refractivity contribution in [2.45, 2.75) is 51.0 Å². The van der Waals surface area contributed by atoms with E-state index in [4.69, 9.17) is 0 Å². The molecule has 14 nitrogen and oxygen atoms in total. The normalized spacial score (nSPS) is 13.0. The molecule has 0 aliphatic carbocycles. The molecule has 6 rings (SSSR count). The number of hydrogen-bond donors (Lipinski definition) is 6. The first-order valence-electron chi connectivity index (χ1n) is 18.5. The third-order valence-corrected chi connectivity index (χ3v) is 9.27. The van der Waals surface area contributed by atoms with E-state index in [0.29, 0.717) is 11.4 Å². The Kier molecular flexibility index (Phi) is 13.4. The van der Waals surface area contributed by atoms with Crippen LogP contribution in [0.5, 0.6) is 0 Å². The molecular formula is C44H42N8O6. The Morgan fingerprint density at radius 3 is 1.21 bits per heavy atom. The number of aliphatic hydroxyl groups is 2. The Hall–Kier alpha value is -7.16. The number of aromatic nitrogens is 4. The summed E-state index contributed by atoms with van der Waals surface area (Å²) in [6, 6.07) is 28.8. The van der Waals surface area contributed by atoms with E-state index in [9.17, 15) is 29.4 Å². The predicted octanol–water partition coefficient (Wildman–Crippen LogP) is 4.49. The zero-order valence-electron chi connectivity index (χ0n) is 31.7. The van der Waals surface area contributed by atoms with Crippen molar-refractivity contribution in [1.29, 1.82) is 0 Å². The molecule has 0 unspecified atom stereocenters. The summed E-state index contributed by atoms with van der Waals surface area (Å²) in [5.74, 6) is -2.42. The van der Waals surface area contributed by atoms with Crippen LogP contribution in [-0.4, -0.2) is 78.1 Å². The van der Waals surface area contributed by atoms with E-state index in [1.807, 2.05) is 60.7 Å². The van der Waals surface area contributed by atoms with Crippen molar-refractivity contribution in [3.8, 4) is 0 Å². The molecule has 2 heterocycles. The van der Waals surface area contributed by atoms with E-state index in [1.54, 1.807) is 50.2 Å². The minimum Gasteiger partial charge on any atom is -0.388 e. The van der Waals surface area contributed by atoms with Gasteiger partial charge in [-0.05, 0) is 62.1 Å². The number of anilines is 2. The SMILES string of the molecule is Cc1cnc(C(=O)Nc2ccccc2C(=O)N[C@@H](Cc2ccccc2)[C@H](O)[C@H](O)[C@H](Cc2ccccc2)NC(=O)c2ccccc2NC(=O)c2cnc(C)cn2)cn1. The lowest BCUT2D eigenvalue weighted by Crippen LogP contribution is -2.57. The van der Waals surface area contributed by atoms with Gasteiger partial charge in [0.05, 0.1) is 58.4 Å². The second kappa shape index (κ2) is 19.1. The number of carbonyl (C=O) groups is 4. The first kappa shape index (κ1) is 40.5. The van der Waals surface area contributed by atoms with Gasteiger partial charge in [-0.25, -0.2) is 9.97 Å². The molecule has 0 spiro atoms. The van der Waals surface area contributed by atoms with Gasteiger partial charge in [-0.3, -0.25) is 29.1 Å². The molecule has 0 fully saturated rings. The Bertz CT molecular complexity index is 2180. The average molecular weight is 779 g/mol. The van der Waals surface area contributed by atoms with Gasteiger partial charge in [-0.2, -0.15) is 0 Å². The number of hydrogen-bond acceptors (Lipinski definition) is 10. The van der Waals surface area contributed by atoms with E-state index < -0.39 is 47.9 Å². The summed E-state index contributed by atoms with van der Waals surface area (Å²) in [4.78, 5) is 70.6. The quantitative estimate of drug-likeness (QED) is 0.0861. The van der Waals surface area contributed by atoms with Crippen LogP contribution in [0.25, 0.3) is 0 Å². The summed E-state index contributed by atoms with van der Waals surface area (Å²) >= 11 is 0. The molecule has 4 aromatic carbocycles. The third-order valence-electron chi connectivity index (χ3n) is 9.27. The molecule has 0 aliphatic heterocycles. The topological polar surface area (TPSA) is 208 Å². The van der Waals surface area contributed by atoms with Crippen LogP contribution in [0.3, 0.4) is 0 Å². The minimum atomic E-state index is -1.63. The molecule has 4 amide bonds. The second-order valence-corrected chi connectivity index (χ2v) is 13.6. The maximum absolute atomic E-state index is 14.0. The van der Waals surface area contributed by atoms with Crippen molar-refractivity contribution in [2.75, 3.05) is 10.6 Å². The predicted molar refractivity (Wildman–Crippen MR) is 217 cm³/mol. The lowest BCUT2D eigenvalue weighted by Gasteiger charge is -2.33. The maximum Gasteiger partial charge on any atom is 0.275 e. The average Bonchev–Trinajstić information content (AvgIpc) is 3.24. The Morgan fingerprint density at radius 1 is 0.483 bits per heavy atom. The largest absolute Gasteiger partial charge is 0.388 e. The number of para-hydroxylation sites is 2. The van der Waals surface area contributed by atoms with Crippen molar-refractivity contribution in [3.63, 3.8) is 0 Å². The van der Waals surface area contributed by atoms with Crippen molar-refractivity contribution in [1.82, 2.24) is 30.6 Å². The summed E-state index contributed by atoms with van der Waals surface area (Å²) in [6.45, 7) is 3.49. The number of aryl methyl sites for hydroxylation is 2. The van der Waals surface area contributed by atoms with Gasteiger partial charge in [-0.15, -0.1) is 0 Å². The van der Waals surface area contributed by atoms with Crippen molar-refractivity contribution in [2.24, 2.45) is 0 Å². The molecule has 4 atom stereocenters. The number of nitrogens with one attached hydrogen (secondary N) is 4. The van der Waals surface area contributed by atoms with E-state index in [1.165, 1.54) is 36.9 Å². The summed E-state index contributed by atoms with van der Waals surface area (Å²) in [6.07, 6.45) is 2.53. The van der Waals surface area contributed by atoms with Gasteiger partial charge >= 0.3 is 0 Å². The zero-order valence-corrected chi connectivity index (χ0v) is 31.7. The van der Waals surface area contributed by atoms with Gasteiger partial charge in [0.1, 0.15) is 23.6 Å². The van der Waals surface area contributed by atoms with Crippen LogP contribution in [0.2, 0.25) is 0 Å². The van der Waals surface area contributed by atoms with Gasteiger partial charge < -0.3 is 31.5 Å². The molecular weight excluding hydrogens is 737 g/mol. The molecule has 6 N–H and O–H groups in total. The van der Waals surface area contributed by atoms with E-state index in [-0.39, 0.29) is 46.7 Å². The first-order valence-corrected chi connectivity index (χ1v) is 18.5. The number of rotatable bonds is 15. The molecule has 0 saturated carbocycles. The van der Waals surface area contributed by atoms with Crippen molar-refractivity contribution < 1.29 is 29.4 Å². The van der Waals surface area contributed by atoms with Crippen LogP contribution in [0.1, 0.15) is 64.2 Å². The van der Waals surface area contributed by atoms with Crippen molar-refractivity contribution >= 4 is 35.0 Å². The van der Waals surface area contributed by atoms with Gasteiger partial charge in [-0.1, -0.05) is 84.9 Å². The summed E-state index contributed by atoms with van der Waals surface area (Å²) < 4.78 is 0. The number of benzene rings is 4. The van der Waals surface area contributed by atoms with Crippen LogP contribution in [0.4, 0.5) is 11.4 Å². The fourth-order valence-electron chi connectivity index (χ4n) is 6.19. The number of nitrogens with zero attached hydrogens (tertiary/aromatic N) is 4. The zero-order chi connectivity index (χ0) is 41.0. The highest BCUT2D eigenvalue weighted by atomic mass is 16.3. The molecule has 2 aromatic heterocycles. The van der Waals surface area contributed by atoms with Gasteiger partial charge in [0.15, 0.2) is 0 Å². The number of carbonyl (C=O) groups excluding carboxylic acids is 4. The van der Waals surface area contributed by atoms with Crippen LogP contribution >= 0.6 is 0 Å². The lowest BCUT2D eigenvalue weighted by atomic mass is 9.90. The summed E-state index contributed by atoms with van der Waals surface area (Å²) in [5.41, 5.74) is 3.46. The smallest absolute Gasteiger partial charge is 0.275 e. The molecule has 0 radical (unpaired) electrons. The molecule has 14 heteroatoms. The van der Waals surface area contributed by atoms with Gasteiger partial charge in [0, 0.05) is 12.4 Å². The van der Waals surface area contributed by atoms with Crippen LogP contribution in [0, 0.1) is 13.8 Å². The van der Waals surface area contributed by atoms with Gasteiger partial charge in [0.25, 0.3) is 23.6 Å². The maximum atomic E-state index is 14.0. The highest BCUT2D eigenvalue weighted by Gasteiger charge is 2.35. The number of amides is 4. The Labute approximate surface area is 334 Å². The first-order chi connectivity index (χ1) is 28.0. The molecule has 58 heavy (non-hydrogen) atoms. The molecule has 6 aromatic rings. The minimum absolute atomic E-state index is 0.0541. The van der Waals surface area contributed by atoms with Gasteiger partial charge in [0.2, 0.25) is 0 Å². The third kappa shape index (κ3) is 10.6. The summed E-state index contributed by atoms with van der Waals surface area (Å²) in [7, 11) is 0. The van der Waals surface area contributed by atoms with Crippen LogP contribution < -0.4 is 21.3 Å². The Balaban J connectivity index is 1.26. The molecule has 0 aliphatic rings. The fraction of sp³-hybridized carbons (Fsp3) is 0.182. The van der Waals surface area contributed by atoms with Crippen LogP contribution in [-0.2, 0) is 12.8 Å². The monoisotopic (exact) mass is 778 g/mol. The Morgan fingerprint density at radius 2 is 0.845 bits per heavy atom. The van der Waals surface area contributed by atoms with Crippen LogP contribution in [0.15, 0.2) is 134 Å². The van der Waals surface area contributed by atoms with E-state index in [0.717, 1.165) is 11.1 Å². The van der Waals surface area contributed by atoms with Crippen molar-refractivity contribution in [3.05, 3.63) is 179 Å². The van der Waals surface area contributed by atoms with E-state index >= 15 is 0 Å². The molecule has 0 bridgehead atoms. The molecule has 0 saturated heterocycles. The fourth-order valence-corrected chi connectivity index (χ4v) is 6.19. The lowest BCUT2D eigenvalue weighted by molar-refractivity contribution is -0.0219. The highest BCUT2D eigenvalue weighted by molar-refractivity contribution is 6.09. The number of aliphatic hydroxyl groups excluding tert-OH is 2. The van der Waals surface area contributed by atoms with E-state index in [2.05, 4.69) is 41.2 Å². The standard InChI is InChI=1S/C44H42N8O6/c1-27-23-47-37(25-45-27)43(57)49-33-19-11-9-17-31(33)41(55)51-35(21-29-13-5-3-6-14-29)39(53)40(54)36(22-30-15-7-4-8-16-30)52-42(56)32-18-10-12-20-34(32)50-44(58)38-26-46-28(2)24-48-38/h3-20,23-26,35-36,39-40,53-54H,21-22H2,1-2H3,(H,49,57)(H,50,58)(H,51,55)(H,52,56)/t35-,36-,39-,40+/m0/s1. The highest BCUT2D eigenvalue weighted by Crippen LogP contribution is 2.21. The second-order valence-electron chi connectivity index (χ2n) is 13.6. The summed E-state index contributed by atoms with van der Waals surface area (Å²) in [5, 5.41) is 35.2. The molecule has 294 valence electrons.